The fourth-order valence-corrected chi connectivity index (χ4v) is 5.39. The Bertz CT molecular complexity index is 1840. The largest absolute Gasteiger partial charge is 0.440 e. The van der Waals surface area contributed by atoms with E-state index in [0.29, 0.717) is 52.2 Å². The van der Waals surface area contributed by atoms with Crippen LogP contribution in [0.5, 0.6) is 0 Å². The van der Waals surface area contributed by atoms with Gasteiger partial charge >= 0.3 is 0 Å². The van der Waals surface area contributed by atoms with Gasteiger partial charge < -0.3 is 13.9 Å². The average molecular weight is 563 g/mol. The molecule has 0 bridgehead atoms. The molecule has 4 heterocycles. The summed E-state index contributed by atoms with van der Waals surface area (Å²) in [6.45, 7) is 2.33. The fourth-order valence-electron chi connectivity index (χ4n) is 4.54. The molecule has 0 spiro atoms. The number of anilines is 2. The summed E-state index contributed by atoms with van der Waals surface area (Å²) in [6, 6.07) is 24.2. The number of amides is 2. The molecule has 6 aromatic rings. The maximum atomic E-state index is 13.3. The second kappa shape index (κ2) is 11.2. The number of pyridine rings is 1. The van der Waals surface area contributed by atoms with Crippen LogP contribution in [0, 0.1) is 6.92 Å². The third-order valence-electron chi connectivity index (χ3n) is 6.68. The van der Waals surface area contributed by atoms with Gasteiger partial charge in [-0.15, -0.1) is 11.3 Å². The zero-order valence-corrected chi connectivity index (χ0v) is 23.3. The molecule has 41 heavy (non-hydrogen) atoms. The number of hydrogen-bond acceptors (Lipinski definition) is 7. The lowest BCUT2D eigenvalue weighted by molar-refractivity contribution is 0.0991. The van der Waals surface area contributed by atoms with E-state index in [2.05, 4.69) is 15.3 Å². The highest BCUT2D eigenvalue weighted by Crippen LogP contribution is 2.30. The molecule has 1 N–H and O–H groups in total. The summed E-state index contributed by atoms with van der Waals surface area (Å²) in [5, 5.41) is 3.00. The van der Waals surface area contributed by atoms with E-state index < -0.39 is 0 Å². The predicted molar refractivity (Wildman–Crippen MR) is 159 cm³/mol. The van der Waals surface area contributed by atoms with Gasteiger partial charge in [-0.3, -0.25) is 19.9 Å². The van der Waals surface area contributed by atoms with Crippen molar-refractivity contribution in [1.29, 1.82) is 0 Å². The summed E-state index contributed by atoms with van der Waals surface area (Å²) in [4.78, 5) is 42.7. The molecule has 0 atom stereocenters. The van der Waals surface area contributed by atoms with Crippen LogP contribution in [0.1, 0.15) is 31.6 Å². The highest BCUT2D eigenvalue weighted by atomic mass is 32.1. The molecular weight excluding hydrogens is 536 g/mol. The molecule has 9 nitrogen and oxygen atoms in total. The molecule has 0 fully saturated rings. The smallest absolute Gasteiger partial charge is 0.268 e. The Morgan fingerprint density at radius 3 is 2.59 bits per heavy atom. The first-order valence-electron chi connectivity index (χ1n) is 13.0. The predicted octanol–water partition coefficient (Wildman–Crippen LogP) is 6.23. The van der Waals surface area contributed by atoms with Crippen LogP contribution in [-0.4, -0.2) is 38.4 Å². The van der Waals surface area contributed by atoms with Gasteiger partial charge in [0.15, 0.2) is 11.7 Å². The van der Waals surface area contributed by atoms with Crippen LogP contribution in [0.3, 0.4) is 0 Å². The molecule has 0 unspecified atom stereocenters. The van der Waals surface area contributed by atoms with Crippen LogP contribution in [0.15, 0.2) is 95.7 Å². The van der Waals surface area contributed by atoms with Gasteiger partial charge in [-0.25, -0.2) is 9.97 Å². The number of aromatic nitrogens is 4. The number of benzene rings is 2. The van der Waals surface area contributed by atoms with Gasteiger partial charge in [-0.1, -0.05) is 24.3 Å². The number of rotatable bonds is 8. The van der Waals surface area contributed by atoms with Crippen molar-refractivity contribution in [3.05, 3.63) is 113 Å². The molecule has 10 heteroatoms. The third kappa shape index (κ3) is 5.50. The van der Waals surface area contributed by atoms with Crippen molar-refractivity contribution in [3.63, 3.8) is 0 Å². The van der Waals surface area contributed by atoms with Crippen LogP contribution in [0.4, 0.5) is 11.6 Å². The molecule has 204 valence electrons. The molecule has 0 radical (unpaired) electrons. The van der Waals surface area contributed by atoms with E-state index in [4.69, 9.17) is 9.40 Å². The minimum atomic E-state index is -0.275. The van der Waals surface area contributed by atoms with Crippen molar-refractivity contribution >= 4 is 45.8 Å². The van der Waals surface area contributed by atoms with Crippen LogP contribution >= 0.6 is 11.3 Å². The lowest BCUT2D eigenvalue weighted by Crippen LogP contribution is -2.26. The molecule has 0 aliphatic rings. The third-order valence-corrected chi connectivity index (χ3v) is 7.78. The molecule has 0 saturated heterocycles. The van der Waals surface area contributed by atoms with E-state index in [1.54, 1.807) is 49.5 Å². The molecule has 0 saturated carbocycles. The Labute approximate surface area is 240 Å². The van der Waals surface area contributed by atoms with E-state index in [-0.39, 0.29) is 11.8 Å². The zero-order chi connectivity index (χ0) is 28.3. The van der Waals surface area contributed by atoms with E-state index in [0.717, 1.165) is 16.1 Å². The number of carbonyl (C=O) groups excluding carboxylic acids is 2. The van der Waals surface area contributed by atoms with Crippen LogP contribution in [0.2, 0.25) is 0 Å². The molecule has 2 amide bonds. The van der Waals surface area contributed by atoms with E-state index >= 15 is 0 Å². The Hall–Kier alpha value is -5.09. The zero-order valence-electron chi connectivity index (χ0n) is 22.4. The summed E-state index contributed by atoms with van der Waals surface area (Å²) in [6.07, 6.45) is 4.06. The van der Waals surface area contributed by atoms with E-state index in [9.17, 15) is 9.59 Å². The Morgan fingerprint density at radius 2 is 1.83 bits per heavy atom. The lowest BCUT2D eigenvalue weighted by atomic mass is 10.2. The average Bonchev–Trinajstić information content (AvgIpc) is 3.74. The first kappa shape index (κ1) is 26.1. The SMILES string of the molecule is Cc1ncc(-c2ccc(C(=O)Nc3nc4cc(N(C)C(=O)c5ccccc5)ccc4n3CCc3ccccn3)s2)o1. The number of imidazole rings is 1. The number of oxazole rings is 1. The molecule has 0 aliphatic heterocycles. The summed E-state index contributed by atoms with van der Waals surface area (Å²) >= 11 is 1.32. The second-order valence-electron chi connectivity index (χ2n) is 9.42. The van der Waals surface area contributed by atoms with E-state index in [1.165, 1.54) is 11.3 Å². The summed E-state index contributed by atoms with van der Waals surface area (Å²) < 4.78 is 7.58. The van der Waals surface area contributed by atoms with Crippen LogP contribution < -0.4 is 10.2 Å². The lowest BCUT2D eigenvalue weighted by Gasteiger charge is -2.17. The van der Waals surface area contributed by atoms with E-state index in [1.807, 2.05) is 65.2 Å². The second-order valence-corrected chi connectivity index (χ2v) is 10.5. The molecule has 4 aromatic heterocycles. The maximum Gasteiger partial charge on any atom is 0.268 e. The number of fused-ring (bicyclic) bond motifs is 1. The Kier molecular flexibility index (Phi) is 7.13. The summed E-state index contributed by atoms with van der Waals surface area (Å²) in [5.74, 6) is 1.21. The van der Waals surface area contributed by atoms with Crippen molar-refractivity contribution in [3.8, 4) is 10.6 Å². The standard InChI is InChI=1S/C31H26N6O3S/c1-20-33-19-26(40-20)27-13-14-28(41-27)29(38)35-31-34-24-18-23(36(2)30(39)21-8-4-3-5-9-21)11-12-25(24)37(31)17-15-22-10-6-7-16-32-22/h3-14,16,18-19H,15,17H2,1-2H3,(H,34,35,38). The van der Waals surface area contributed by atoms with Crippen molar-refractivity contribution in [2.75, 3.05) is 17.3 Å². The van der Waals surface area contributed by atoms with Gasteiger partial charge in [-0.05, 0) is 54.6 Å². The first-order chi connectivity index (χ1) is 20.0. The van der Waals surface area contributed by atoms with Gasteiger partial charge in [0.25, 0.3) is 11.8 Å². The van der Waals surface area contributed by atoms with Crippen LogP contribution in [0.25, 0.3) is 21.7 Å². The molecular formula is C31H26N6O3S. The van der Waals surface area contributed by atoms with Crippen molar-refractivity contribution in [1.82, 2.24) is 19.5 Å². The normalized spacial score (nSPS) is 11.1. The minimum absolute atomic E-state index is 0.122. The molecule has 0 aliphatic carbocycles. The van der Waals surface area contributed by atoms with Gasteiger partial charge in [0.05, 0.1) is 27.0 Å². The number of carbonyl (C=O) groups is 2. The maximum absolute atomic E-state index is 13.3. The number of aryl methyl sites for hydroxylation is 3. The monoisotopic (exact) mass is 562 g/mol. The summed E-state index contributed by atoms with van der Waals surface area (Å²) in [5.41, 5.74) is 3.73. The highest BCUT2D eigenvalue weighted by molar-refractivity contribution is 7.17. The van der Waals surface area contributed by atoms with Gasteiger partial charge in [-0.2, -0.15) is 0 Å². The van der Waals surface area contributed by atoms with Crippen molar-refractivity contribution < 1.29 is 14.0 Å². The van der Waals surface area contributed by atoms with Crippen molar-refractivity contribution in [2.45, 2.75) is 19.9 Å². The van der Waals surface area contributed by atoms with Gasteiger partial charge in [0.1, 0.15) is 0 Å². The van der Waals surface area contributed by atoms with Gasteiger partial charge in [0.2, 0.25) is 5.95 Å². The minimum Gasteiger partial charge on any atom is -0.440 e. The molecule has 6 rings (SSSR count). The number of hydrogen-bond donors (Lipinski definition) is 1. The van der Waals surface area contributed by atoms with Crippen LogP contribution in [-0.2, 0) is 13.0 Å². The number of nitrogens with zero attached hydrogens (tertiary/aromatic N) is 5. The Morgan fingerprint density at radius 1 is 1.00 bits per heavy atom. The topological polar surface area (TPSA) is 106 Å². The fraction of sp³-hybridized carbons (Fsp3) is 0.129. The number of nitrogens with one attached hydrogen (secondary N) is 1. The van der Waals surface area contributed by atoms with Gasteiger partial charge in [0, 0.05) is 50.1 Å². The number of thiophene rings is 1. The highest BCUT2D eigenvalue weighted by Gasteiger charge is 2.19. The Balaban J connectivity index is 1.31. The quantitative estimate of drug-likeness (QED) is 0.236. The summed E-state index contributed by atoms with van der Waals surface area (Å²) in [7, 11) is 1.74. The molecule has 2 aromatic carbocycles. The first-order valence-corrected chi connectivity index (χ1v) is 13.9. The van der Waals surface area contributed by atoms with Crippen molar-refractivity contribution in [2.24, 2.45) is 0 Å².